The van der Waals surface area contributed by atoms with Crippen molar-refractivity contribution in [3.8, 4) is 11.5 Å². The molecule has 0 heterocycles. The Balaban J connectivity index is 2.29. The first-order valence-corrected chi connectivity index (χ1v) is 9.01. The van der Waals surface area contributed by atoms with Gasteiger partial charge in [-0.3, -0.25) is 14.9 Å². The van der Waals surface area contributed by atoms with Crippen molar-refractivity contribution >= 4 is 11.6 Å². The maximum absolute atomic E-state index is 12.8. The number of nitrogens with one attached hydrogen (secondary N) is 1. The van der Waals surface area contributed by atoms with E-state index in [1.807, 2.05) is 0 Å². The van der Waals surface area contributed by atoms with Gasteiger partial charge in [-0.05, 0) is 25.7 Å². The number of nitro benzene ring substituents is 1. The van der Waals surface area contributed by atoms with Gasteiger partial charge >= 0.3 is 0 Å². The maximum Gasteiger partial charge on any atom is 0.286 e. The molecular formula is C18H27N3O5. The molecule has 1 aromatic rings. The highest BCUT2D eigenvalue weighted by atomic mass is 16.6. The Kier molecular flexibility index (Phi) is 7.20. The second-order valence-electron chi connectivity index (χ2n) is 6.42. The molecule has 1 aliphatic rings. The summed E-state index contributed by atoms with van der Waals surface area (Å²) in [6.07, 6.45) is 5.46. The largest absolute Gasteiger partial charge is 0.493 e. The highest BCUT2D eigenvalue weighted by molar-refractivity contribution is 5.99. The molecule has 0 aromatic heterocycles. The summed E-state index contributed by atoms with van der Waals surface area (Å²) in [5.74, 6) is 0.311. The SMILES string of the molecule is CCOc1cc([N+](=O)[O-])c(C(=O)NC(CN)C2CCCCC2)cc1OC. The van der Waals surface area contributed by atoms with Crippen molar-refractivity contribution in [1.82, 2.24) is 5.32 Å². The number of hydrogen-bond donors (Lipinski definition) is 2. The maximum atomic E-state index is 12.8. The number of nitrogens with two attached hydrogens (primary N) is 1. The molecule has 26 heavy (non-hydrogen) atoms. The van der Waals surface area contributed by atoms with Crippen LogP contribution in [0.5, 0.6) is 11.5 Å². The molecule has 0 aliphatic heterocycles. The van der Waals surface area contributed by atoms with Gasteiger partial charge in [0.1, 0.15) is 5.56 Å². The van der Waals surface area contributed by atoms with Gasteiger partial charge in [-0.25, -0.2) is 0 Å². The Hall–Kier alpha value is -2.35. The van der Waals surface area contributed by atoms with E-state index >= 15 is 0 Å². The summed E-state index contributed by atoms with van der Waals surface area (Å²) in [6.45, 7) is 2.40. The van der Waals surface area contributed by atoms with Gasteiger partial charge in [0, 0.05) is 18.7 Å². The van der Waals surface area contributed by atoms with E-state index in [-0.39, 0.29) is 28.8 Å². The van der Waals surface area contributed by atoms with Crippen molar-refractivity contribution in [1.29, 1.82) is 0 Å². The van der Waals surface area contributed by atoms with Crippen molar-refractivity contribution < 1.29 is 19.2 Å². The molecule has 144 valence electrons. The average Bonchev–Trinajstić information content (AvgIpc) is 2.66. The van der Waals surface area contributed by atoms with Gasteiger partial charge in [0.15, 0.2) is 11.5 Å². The van der Waals surface area contributed by atoms with Gasteiger partial charge in [0.25, 0.3) is 11.6 Å². The highest BCUT2D eigenvalue weighted by Crippen LogP contribution is 2.35. The van der Waals surface area contributed by atoms with Crippen LogP contribution in [0.25, 0.3) is 0 Å². The number of amides is 1. The lowest BCUT2D eigenvalue weighted by Crippen LogP contribution is -2.46. The first-order chi connectivity index (χ1) is 12.5. The van der Waals surface area contributed by atoms with Crippen molar-refractivity contribution in [2.75, 3.05) is 20.3 Å². The number of rotatable bonds is 8. The molecular weight excluding hydrogens is 338 g/mol. The minimum Gasteiger partial charge on any atom is -0.493 e. The topological polar surface area (TPSA) is 117 Å². The van der Waals surface area contributed by atoms with E-state index in [9.17, 15) is 14.9 Å². The molecule has 1 fully saturated rings. The summed E-state index contributed by atoms with van der Waals surface area (Å²) >= 11 is 0. The summed E-state index contributed by atoms with van der Waals surface area (Å²) in [5, 5.41) is 14.3. The quantitative estimate of drug-likeness (QED) is 0.540. The van der Waals surface area contributed by atoms with E-state index in [1.54, 1.807) is 6.92 Å². The number of nitrogens with zero attached hydrogens (tertiary/aromatic N) is 1. The summed E-state index contributed by atoms with van der Waals surface area (Å²) < 4.78 is 10.6. The van der Waals surface area contributed by atoms with Gasteiger partial charge in [-0.1, -0.05) is 19.3 Å². The summed E-state index contributed by atoms with van der Waals surface area (Å²) in [5.41, 5.74) is 5.49. The monoisotopic (exact) mass is 365 g/mol. The lowest BCUT2D eigenvalue weighted by Gasteiger charge is -2.30. The zero-order valence-electron chi connectivity index (χ0n) is 15.3. The van der Waals surface area contributed by atoms with E-state index < -0.39 is 10.8 Å². The summed E-state index contributed by atoms with van der Waals surface area (Å²) in [6, 6.07) is 2.39. The number of methoxy groups -OCH3 is 1. The van der Waals surface area contributed by atoms with Crippen molar-refractivity contribution in [3.63, 3.8) is 0 Å². The first-order valence-electron chi connectivity index (χ1n) is 9.01. The number of carbonyl (C=O) groups is 1. The van der Waals surface area contributed by atoms with Crippen LogP contribution in [-0.2, 0) is 0 Å². The lowest BCUT2D eigenvalue weighted by molar-refractivity contribution is -0.385. The Morgan fingerprint density at radius 2 is 2.04 bits per heavy atom. The molecule has 8 nitrogen and oxygen atoms in total. The van der Waals surface area contributed by atoms with E-state index in [2.05, 4.69) is 5.32 Å². The van der Waals surface area contributed by atoms with Crippen LogP contribution in [0.3, 0.4) is 0 Å². The third-order valence-corrected chi connectivity index (χ3v) is 4.81. The van der Waals surface area contributed by atoms with E-state index in [4.69, 9.17) is 15.2 Å². The fraction of sp³-hybridized carbons (Fsp3) is 0.611. The van der Waals surface area contributed by atoms with Gasteiger partial charge < -0.3 is 20.5 Å². The predicted octanol–water partition coefficient (Wildman–Crippen LogP) is 2.64. The Bertz CT molecular complexity index is 644. The first kappa shape index (κ1) is 20.0. The molecule has 1 aromatic carbocycles. The summed E-state index contributed by atoms with van der Waals surface area (Å²) in [7, 11) is 1.43. The van der Waals surface area contributed by atoms with Gasteiger partial charge in [0.2, 0.25) is 0 Å². The average molecular weight is 365 g/mol. The number of benzene rings is 1. The van der Waals surface area contributed by atoms with Crippen LogP contribution in [0.2, 0.25) is 0 Å². The zero-order chi connectivity index (χ0) is 19.1. The van der Waals surface area contributed by atoms with Crippen LogP contribution in [0.4, 0.5) is 5.69 Å². The molecule has 1 saturated carbocycles. The number of hydrogen-bond acceptors (Lipinski definition) is 6. The Morgan fingerprint density at radius 3 is 2.58 bits per heavy atom. The molecule has 8 heteroatoms. The fourth-order valence-corrected chi connectivity index (χ4v) is 3.46. The van der Waals surface area contributed by atoms with E-state index in [0.717, 1.165) is 25.7 Å². The molecule has 3 N–H and O–H groups in total. The fourth-order valence-electron chi connectivity index (χ4n) is 3.46. The molecule has 0 radical (unpaired) electrons. The molecule has 1 atom stereocenters. The number of ether oxygens (including phenoxy) is 2. The van der Waals surface area contributed by atoms with Crippen LogP contribution in [-0.4, -0.2) is 37.1 Å². The molecule has 1 unspecified atom stereocenters. The molecule has 1 amide bonds. The van der Waals surface area contributed by atoms with E-state index in [1.165, 1.54) is 25.7 Å². The van der Waals surface area contributed by atoms with Crippen molar-refractivity contribution in [3.05, 3.63) is 27.8 Å². The number of carbonyl (C=O) groups excluding carboxylic acids is 1. The van der Waals surface area contributed by atoms with Crippen molar-refractivity contribution in [2.45, 2.75) is 45.1 Å². The third kappa shape index (κ3) is 4.63. The van der Waals surface area contributed by atoms with Crippen LogP contribution >= 0.6 is 0 Å². The van der Waals surface area contributed by atoms with Crippen LogP contribution in [0, 0.1) is 16.0 Å². The molecule has 0 spiro atoms. The second-order valence-corrected chi connectivity index (χ2v) is 6.42. The smallest absolute Gasteiger partial charge is 0.286 e. The summed E-state index contributed by atoms with van der Waals surface area (Å²) in [4.78, 5) is 23.6. The third-order valence-electron chi connectivity index (χ3n) is 4.81. The molecule has 0 saturated heterocycles. The minimum absolute atomic E-state index is 0.0513. The van der Waals surface area contributed by atoms with Crippen LogP contribution < -0.4 is 20.5 Å². The van der Waals surface area contributed by atoms with Crippen LogP contribution in [0.1, 0.15) is 49.4 Å². The van der Waals surface area contributed by atoms with E-state index in [0.29, 0.717) is 19.1 Å². The van der Waals surface area contributed by atoms with Gasteiger partial charge in [0.05, 0.1) is 24.7 Å². The molecule has 0 bridgehead atoms. The normalized spacial score (nSPS) is 16.0. The Labute approximate surface area is 153 Å². The lowest BCUT2D eigenvalue weighted by atomic mass is 9.84. The van der Waals surface area contributed by atoms with Crippen LogP contribution in [0.15, 0.2) is 12.1 Å². The predicted molar refractivity (Wildman–Crippen MR) is 97.7 cm³/mol. The Morgan fingerprint density at radius 1 is 1.35 bits per heavy atom. The van der Waals surface area contributed by atoms with Gasteiger partial charge in [-0.15, -0.1) is 0 Å². The van der Waals surface area contributed by atoms with Crippen molar-refractivity contribution in [2.24, 2.45) is 11.7 Å². The number of nitro groups is 1. The van der Waals surface area contributed by atoms with Gasteiger partial charge in [-0.2, -0.15) is 0 Å². The highest BCUT2D eigenvalue weighted by Gasteiger charge is 2.29. The standard InChI is InChI=1S/C18H27N3O5/c1-3-26-17-10-15(21(23)24)13(9-16(17)25-2)18(22)20-14(11-19)12-7-5-4-6-8-12/h9-10,12,14H,3-8,11,19H2,1-2H3,(H,20,22). The molecule has 1 aliphatic carbocycles. The minimum atomic E-state index is -0.588. The second kappa shape index (κ2) is 9.38. The molecule has 2 rings (SSSR count). The zero-order valence-corrected chi connectivity index (χ0v) is 15.3.